The molecule has 11 heavy (non-hydrogen) atoms. The lowest BCUT2D eigenvalue weighted by Gasteiger charge is -2.28. The molecule has 1 saturated heterocycles. The fraction of sp³-hybridized carbons (Fsp3) is 0.667. The van der Waals surface area contributed by atoms with Crippen molar-refractivity contribution in [1.29, 1.82) is 5.26 Å². The molecule has 0 N–H and O–H groups in total. The molecular formula is C6H8N3O2. The van der Waals surface area contributed by atoms with Crippen molar-refractivity contribution >= 4 is 6.09 Å². The molecule has 1 radical (unpaired) electrons. The second kappa shape index (κ2) is 3.10. The maximum atomic E-state index is 10.3. The molecule has 1 aliphatic heterocycles. The summed E-state index contributed by atoms with van der Waals surface area (Å²) >= 11 is 0. The van der Waals surface area contributed by atoms with Gasteiger partial charge in [-0.15, -0.1) is 0 Å². The van der Waals surface area contributed by atoms with Crippen LogP contribution in [-0.2, 0) is 5.11 Å². The summed E-state index contributed by atoms with van der Waals surface area (Å²) in [5, 5.41) is 18.7. The molecule has 5 nitrogen and oxygen atoms in total. The second-order valence-electron chi connectivity index (χ2n) is 2.34. The van der Waals surface area contributed by atoms with E-state index in [-0.39, 0.29) is 0 Å². The standard InChI is InChI=1S/C6H8N3O2/c7-5-8-1-3-9(4-2-8)6(10)11/h1-4H2. The molecule has 59 valence electrons. The lowest BCUT2D eigenvalue weighted by Crippen LogP contribution is -2.46. The Bertz CT molecular complexity index is 190. The van der Waals surface area contributed by atoms with Gasteiger partial charge < -0.3 is 9.80 Å². The van der Waals surface area contributed by atoms with Crippen LogP contribution in [0.1, 0.15) is 0 Å². The number of hydrogen-bond acceptors (Lipinski definition) is 3. The number of piperazine rings is 1. The van der Waals surface area contributed by atoms with Gasteiger partial charge in [-0.05, 0) is 0 Å². The van der Waals surface area contributed by atoms with Crippen molar-refractivity contribution < 1.29 is 9.90 Å². The highest BCUT2D eigenvalue weighted by atomic mass is 16.4. The van der Waals surface area contributed by atoms with Crippen LogP contribution in [0.2, 0.25) is 0 Å². The molecule has 0 saturated carbocycles. The predicted octanol–water partition coefficient (Wildman–Crippen LogP) is -0.364. The molecule has 1 amide bonds. The molecule has 0 aromatic rings. The summed E-state index contributed by atoms with van der Waals surface area (Å²) in [5.74, 6) is 0. The number of hydrogen-bond donors (Lipinski definition) is 0. The Hall–Kier alpha value is -1.44. The molecule has 0 aliphatic carbocycles. The van der Waals surface area contributed by atoms with E-state index in [4.69, 9.17) is 5.26 Å². The number of amides is 1. The van der Waals surface area contributed by atoms with Gasteiger partial charge in [-0.3, -0.25) is 0 Å². The Morgan fingerprint density at radius 3 is 2.18 bits per heavy atom. The third-order valence-corrected chi connectivity index (χ3v) is 1.68. The summed E-state index contributed by atoms with van der Waals surface area (Å²) in [7, 11) is 0. The van der Waals surface area contributed by atoms with E-state index < -0.39 is 6.09 Å². The first-order valence-electron chi connectivity index (χ1n) is 3.34. The second-order valence-corrected chi connectivity index (χ2v) is 2.34. The molecule has 0 aromatic carbocycles. The summed E-state index contributed by atoms with van der Waals surface area (Å²) in [6.45, 7) is 1.70. The number of rotatable bonds is 0. The molecule has 5 heteroatoms. The average Bonchev–Trinajstić information content (AvgIpc) is 2.05. The molecule has 0 bridgehead atoms. The van der Waals surface area contributed by atoms with E-state index in [1.54, 1.807) is 0 Å². The minimum Gasteiger partial charge on any atom is -0.307 e. The number of carbonyl (C=O) groups is 1. The zero-order chi connectivity index (χ0) is 8.27. The maximum absolute atomic E-state index is 10.3. The van der Waals surface area contributed by atoms with Crippen LogP contribution >= 0.6 is 0 Å². The van der Waals surface area contributed by atoms with Crippen LogP contribution in [0.5, 0.6) is 0 Å². The van der Waals surface area contributed by atoms with Crippen molar-refractivity contribution in [2.45, 2.75) is 0 Å². The van der Waals surface area contributed by atoms with Gasteiger partial charge in [0.25, 0.3) is 0 Å². The fourth-order valence-corrected chi connectivity index (χ4v) is 0.989. The third-order valence-electron chi connectivity index (χ3n) is 1.68. The maximum Gasteiger partial charge on any atom is 0.453 e. The minimum absolute atomic E-state index is 0.371. The van der Waals surface area contributed by atoms with Gasteiger partial charge in [-0.1, -0.05) is 0 Å². The topological polar surface area (TPSA) is 67.2 Å². The first kappa shape index (κ1) is 7.66. The Kier molecular flexibility index (Phi) is 2.16. The predicted molar refractivity (Wildman–Crippen MR) is 34.8 cm³/mol. The highest BCUT2D eigenvalue weighted by molar-refractivity contribution is 5.64. The van der Waals surface area contributed by atoms with Crippen molar-refractivity contribution in [3.8, 4) is 6.19 Å². The Morgan fingerprint density at radius 1 is 1.27 bits per heavy atom. The highest BCUT2D eigenvalue weighted by Crippen LogP contribution is 1.99. The van der Waals surface area contributed by atoms with E-state index in [0.717, 1.165) is 0 Å². The van der Waals surface area contributed by atoms with Crippen LogP contribution in [0.4, 0.5) is 4.79 Å². The van der Waals surface area contributed by atoms with E-state index in [0.29, 0.717) is 26.2 Å². The van der Waals surface area contributed by atoms with Crippen LogP contribution in [0.25, 0.3) is 0 Å². The zero-order valence-corrected chi connectivity index (χ0v) is 5.99. The zero-order valence-electron chi connectivity index (χ0n) is 5.99. The van der Waals surface area contributed by atoms with Gasteiger partial charge in [0.15, 0.2) is 6.19 Å². The van der Waals surface area contributed by atoms with Crippen LogP contribution in [0.3, 0.4) is 0 Å². The first-order chi connectivity index (χ1) is 5.24. The largest absolute Gasteiger partial charge is 0.453 e. The van der Waals surface area contributed by atoms with E-state index in [9.17, 15) is 9.90 Å². The van der Waals surface area contributed by atoms with Crippen molar-refractivity contribution in [2.24, 2.45) is 0 Å². The van der Waals surface area contributed by atoms with Gasteiger partial charge in [0, 0.05) is 26.2 Å². The number of carbonyl (C=O) groups excluding carboxylic acids is 1. The minimum atomic E-state index is -1.15. The SMILES string of the molecule is N#CN1CCN(C([O])=O)CC1. The molecule has 0 unspecified atom stereocenters. The highest BCUT2D eigenvalue weighted by Gasteiger charge is 2.19. The van der Waals surface area contributed by atoms with Crippen molar-refractivity contribution in [3.63, 3.8) is 0 Å². The molecular weight excluding hydrogens is 146 g/mol. The molecule has 1 rings (SSSR count). The van der Waals surface area contributed by atoms with Crippen LogP contribution in [0.15, 0.2) is 0 Å². The summed E-state index contributed by atoms with van der Waals surface area (Å²) in [4.78, 5) is 13.0. The van der Waals surface area contributed by atoms with Gasteiger partial charge in [0.1, 0.15) is 0 Å². The van der Waals surface area contributed by atoms with E-state index >= 15 is 0 Å². The molecule has 0 atom stereocenters. The molecule has 0 aromatic heterocycles. The fourth-order valence-electron chi connectivity index (χ4n) is 0.989. The third kappa shape index (κ3) is 1.74. The smallest absolute Gasteiger partial charge is 0.307 e. The lowest BCUT2D eigenvalue weighted by molar-refractivity contribution is 0.100. The summed E-state index contributed by atoms with van der Waals surface area (Å²) in [5.41, 5.74) is 0. The number of nitriles is 1. The van der Waals surface area contributed by atoms with Gasteiger partial charge in [0.05, 0.1) is 0 Å². The van der Waals surface area contributed by atoms with Crippen LogP contribution in [-0.4, -0.2) is 42.1 Å². The van der Waals surface area contributed by atoms with E-state index in [1.807, 2.05) is 6.19 Å². The molecule has 0 spiro atoms. The average molecular weight is 154 g/mol. The Morgan fingerprint density at radius 2 is 1.82 bits per heavy atom. The quantitative estimate of drug-likeness (QED) is 0.447. The normalized spacial score (nSPS) is 17.7. The van der Waals surface area contributed by atoms with Crippen molar-refractivity contribution in [1.82, 2.24) is 9.80 Å². The van der Waals surface area contributed by atoms with Crippen LogP contribution in [0, 0.1) is 11.5 Å². The van der Waals surface area contributed by atoms with Gasteiger partial charge in [-0.2, -0.15) is 5.26 Å². The Balaban J connectivity index is 2.37. The summed E-state index contributed by atoms with van der Waals surface area (Å²) in [6.07, 6.45) is 0.806. The van der Waals surface area contributed by atoms with E-state index in [1.165, 1.54) is 9.80 Å². The Labute approximate surface area is 64.4 Å². The van der Waals surface area contributed by atoms with E-state index in [2.05, 4.69) is 0 Å². The van der Waals surface area contributed by atoms with Crippen molar-refractivity contribution in [3.05, 3.63) is 0 Å². The summed E-state index contributed by atoms with van der Waals surface area (Å²) in [6, 6.07) is 0. The molecule has 1 aliphatic rings. The first-order valence-corrected chi connectivity index (χ1v) is 3.34. The van der Waals surface area contributed by atoms with Crippen LogP contribution < -0.4 is 0 Å². The van der Waals surface area contributed by atoms with Gasteiger partial charge in [0.2, 0.25) is 0 Å². The molecule has 1 heterocycles. The monoisotopic (exact) mass is 154 g/mol. The molecule has 1 fully saturated rings. The number of nitrogens with zero attached hydrogens (tertiary/aromatic N) is 3. The van der Waals surface area contributed by atoms with Crippen molar-refractivity contribution in [2.75, 3.05) is 26.2 Å². The van der Waals surface area contributed by atoms with Gasteiger partial charge >= 0.3 is 6.09 Å². The van der Waals surface area contributed by atoms with Gasteiger partial charge in [-0.25, -0.2) is 9.90 Å². The summed E-state index contributed by atoms with van der Waals surface area (Å²) < 4.78 is 0. The lowest BCUT2D eigenvalue weighted by atomic mass is 10.3.